The van der Waals surface area contributed by atoms with Crippen LogP contribution in [0.5, 0.6) is 0 Å². The largest absolute Gasteiger partial charge is 0.457 e. The molecule has 2 aliphatic carbocycles. The van der Waals surface area contributed by atoms with Crippen molar-refractivity contribution in [2.75, 3.05) is 0 Å². The summed E-state index contributed by atoms with van der Waals surface area (Å²) in [6.45, 7) is 11.5. The lowest BCUT2D eigenvalue weighted by molar-refractivity contribution is -0.265. The fourth-order valence-electron chi connectivity index (χ4n) is 4.58. The zero-order chi connectivity index (χ0) is 11.7. The molecule has 0 N–H and O–H groups in total. The van der Waals surface area contributed by atoms with E-state index in [0.717, 1.165) is 18.2 Å². The molecule has 4 atom stereocenters. The quantitative estimate of drug-likeness (QED) is 0.668. The predicted molar refractivity (Wildman–Crippen MR) is 65.1 cm³/mol. The Bertz CT molecular complexity index is 315. The van der Waals surface area contributed by atoms with Crippen LogP contribution in [-0.4, -0.2) is 18.8 Å². The second kappa shape index (κ2) is 3.05. The van der Waals surface area contributed by atoms with E-state index in [9.17, 15) is 0 Å². The molecule has 3 rings (SSSR count). The smallest absolute Gasteiger partial charge is 0.405 e. The Balaban J connectivity index is 1.72. The van der Waals surface area contributed by atoms with E-state index in [0.29, 0.717) is 17.4 Å². The normalized spacial score (nSPS) is 48.4. The summed E-state index contributed by atoms with van der Waals surface area (Å²) < 4.78 is 12.3. The van der Waals surface area contributed by atoms with Gasteiger partial charge in [0.2, 0.25) is 0 Å². The minimum atomic E-state index is 0.0198. The van der Waals surface area contributed by atoms with E-state index >= 15 is 0 Å². The topological polar surface area (TPSA) is 18.5 Å². The molecule has 16 heavy (non-hydrogen) atoms. The maximum atomic E-state index is 6.21. The Labute approximate surface area is 99.2 Å². The van der Waals surface area contributed by atoms with Gasteiger partial charge in [-0.05, 0) is 42.8 Å². The minimum absolute atomic E-state index is 0.0198. The second-order valence-electron chi connectivity index (χ2n) is 7.25. The third-order valence-corrected chi connectivity index (χ3v) is 4.95. The molecule has 3 fully saturated rings. The van der Waals surface area contributed by atoms with Gasteiger partial charge in [0.15, 0.2) is 0 Å². The molecule has 3 heteroatoms. The predicted octanol–water partition coefficient (Wildman–Crippen LogP) is 2.98. The van der Waals surface area contributed by atoms with Crippen molar-refractivity contribution in [2.45, 2.75) is 59.1 Å². The van der Waals surface area contributed by atoms with Gasteiger partial charge in [0.05, 0.1) is 11.7 Å². The van der Waals surface area contributed by atoms with E-state index in [1.54, 1.807) is 0 Å². The fraction of sp³-hybridized carbons (Fsp3) is 1.00. The van der Waals surface area contributed by atoms with E-state index in [2.05, 4.69) is 34.6 Å². The molecule has 0 aromatic heterocycles. The third kappa shape index (κ3) is 1.22. The van der Waals surface area contributed by atoms with Gasteiger partial charge >= 0.3 is 7.12 Å². The Morgan fingerprint density at radius 2 is 2.00 bits per heavy atom. The molecule has 0 aromatic rings. The summed E-state index contributed by atoms with van der Waals surface area (Å²) in [5.74, 6) is 2.15. The highest BCUT2D eigenvalue weighted by Crippen LogP contribution is 2.70. The summed E-state index contributed by atoms with van der Waals surface area (Å²) in [4.78, 5) is 0. The lowest BCUT2D eigenvalue weighted by Gasteiger charge is -2.69. The van der Waals surface area contributed by atoms with Gasteiger partial charge in [0.1, 0.15) is 0 Å². The van der Waals surface area contributed by atoms with E-state index in [1.165, 1.54) is 6.42 Å². The second-order valence-corrected chi connectivity index (χ2v) is 7.25. The number of fused-ring (bicyclic) bond motifs is 4. The molecule has 0 bridgehead atoms. The van der Waals surface area contributed by atoms with Crippen LogP contribution >= 0.6 is 0 Å². The number of rotatable bonds is 2. The lowest BCUT2D eigenvalue weighted by Crippen LogP contribution is -2.74. The van der Waals surface area contributed by atoms with Crippen LogP contribution in [0.4, 0.5) is 0 Å². The molecule has 2 nitrogen and oxygen atoms in total. The summed E-state index contributed by atoms with van der Waals surface area (Å²) >= 11 is 0. The summed E-state index contributed by atoms with van der Waals surface area (Å²) in [5, 5.41) is 0. The van der Waals surface area contributed by atoms with Crippen molar-refractivity contribution in [1.82, 2.24) is 0 Å². The first-order valence-corrected chi connectivity index (χ1v) is 6.68. The van der Waals surface area contributed by atoms with Crippen molar-refractivity contribution in [2.24, 2.45) is 23.2 Å². The Morgan fingerprint density at radius 3 is 2.56 bits per heavy atom. The van der Waals surface area contributed by atoms with E-state index in [1.807, 2.05) is 0 Å². The van der Waals surface area contributed by atoms with Crippen LogP contribution in [-0.2, 0) is 9.31 Å². The van der Waals surface area contributed by atoms with Crippen molar-refractivity contribution < 1.29 is 9.31 Å². The third-order valence-electron chi connectivity index (χ3n) is 4.95. The molecule has 1 saturated heterocycles. The van der Waals surface area contributed by atoms with E-state index < -0.39 is 0 Å². The van der Waals surface area contributed by atoms with Crippen LogP contribution in [0.1, 0.15) is 41.0 Å². The monoisotopic (exact) mass is 222 g/mol. The van der Waals surface area contributed by atoms with Crippen LogP contribution in [0.3, 0.4) is 0 Å². The molecule has 3 aliphatic rings. The van der Waals surface area contributed by atoms with Gasteiger partial charge in [-0.3, -0.25) is 0 Å². The Morgan fingerprint density at radius 1 is 1.31 bits per heavy atom. The van der Waals surface area contributed by atoms with Crippen LogP contribution in [0.25, 0.3) is 0 Å². The first-order valence-electron chi connectivity index (χ1n) is 6.68. The van der Waals surface area contributed by atoms with E-state index in [-0.39, 0.29) is 12.7 Å². The molecule has 1 heterocycles. The average molecular weight is 222 g/mol. The van der Waals surface area contributed by atoms with Crippen LogP contribution in [0, 0.1) is 23.2 Å². The lowest BCUT2D eigenvalue weighted by atomic mass is 9.39. The molecule has 2 saturated carbocycles. The van der Waals surface area contributed by atoms with Crippen molar-refractivity contribution in [3.8, 4) is 0 Å². The molecule has 1 unspecified atom stereocenters. The van der Waals surface area contributed by atoms with Gasteiger partial charge in [0.25, 0.3) is 0 Å². The highest BCUT2D eigenvalue weighted by molar-refractivity contribution is 6.45. The summed E-state index contributed by atoms with van der Waals surface area (Å²) in [6.07, 6.45) is 2.73. The van der Waals surface area contributed by atoms with Crippen LogP contribution < -0.4 is 0 Å². The highest BCUT2D eigenvalue weighted by atomic mass is 16.7. The summed E-state index contributed by atoms with van der Waals surface area (Å²) in [7, 11) is 0.0522. The van der Waals surface area contributed by atoms with Crippen LogP contribution in [0.2, 0.25) is 6.32 Å². The van der Waals surface area contributed by atoms with Gasteiger partial charge in [-0.1, -0.05) is 27.7 Å². The van der Waals surface area contributed by atoms with Gasteiger partial charge < -0.3 is 9.31 Å². The number of hydrogen-bond acceptors (Lipinski definition) is 2. The Kier molecular flexibility index (Phi) is 2.12. The average Bonchev–Trinajstić information content (AvgIpc) is 2.33. The summed E-state index contributed by atoms with van der Waals surface area (Å²) in [5.41, 5.74) is 0.484. The zero-order valence-corrected chi connectivity index (χ0v) is 11.1. The standard InChI is InChI=1S/C13H23BO2/c1-8(2)7-14-15-11-9-6-12(3,4)10(9)13(11,5)16-14/h8-11H,6-7H2,1-5H3/t9?,10-,11+,13-/m0/s1. The highest BCUT2D eigenvalue weighted by Gasteiger charge is 2.75. The van der Waals surface area contributed by atoms with Crippen molar-refractivity contribution in [3.05, 3.63) is 0 Å². The van der Waals surface area contributed by atoms with E-state index in [4.69, 9.17) is 9.31 Å². The SMILES string of the molecule is CC(C)CB1O[C@@H]2C3CC(C)(C)[C@H]3[C@]2(C)O1. The van der Waals surface area contributed by atoms with Crippen molar-refractivity contribution in [1.29, 1.82) is 0 Å². The van der Waals surface area contributed by atoms with Crippen molar-refractivity contribution in [3.63, 3.8) is 0 Å². The fourth-order valence-corrected chi connectivity index (χ4v) is 4.58. The summed E-state index contributed by atoms with van der Waals surface area (Å²) in [6, 6.07) is 0. The minimum Gasteiger partial charge on any atom is -0.405 e. The maximum Gasteiger partial charge on any atom is 0.457 e. The van der Waals surface area contributed by atoms with Crippen LogP contribution in [0.15, 0.2) is 0 Å². The molecule has 0 aromatic carbocycles. The first kappa shape index (κ1) is 11.1. The zero-order valence-electron chi connectivity index (χ0n) is 11.1. The number of hydrogen-bond donors (Lipinski definition) is 0. The maximum absolute atomic E-state index is 6.21. The molecular weight excluding hydrogens is 199 g/mol. The van der Waals surface area contributed by atoms with Gasteiger partial charge in [0, 0.05) is 0 Å². The molecular formula is C13H23BO2. The Hall–Kier alpha value is -0.0151. The molecule has 0 amide bonds. The first-order chi connectivity index (χ1) is 7.34. The van der Waals surface area contributed by atoms with Crippen molar-refractivity contribution >= 4 is 7.12 Å². The molecule has 1 aliphatic heterocycles. The molecule has 0 radical (unpaired) electrons. The molecule has 90 valence electrons. The van der Waals surface area contributed by atoms with Gasteiger partial charge in [-0.15, -0.1) is 0 Å². The van der Waals surface area contributed by atoms with Gasteiger partial charge in [-0.25, -0.2) is 0 Å². The van der Waals surface area contributed by atoms with Gasteiger partial charge in [-0.2, -0.15) is 0 Å². The molecule has 0 spiro atoms.